The molecule has 1 aromatic heterocycles. The summed E-state index contributed by atoms with van der Waals surface area (Å²) in [5.41, 5.74) is 0.470. The van der Waals surface area contributed by atoms with E-state index in [1.165, 1.54) is 6.07 Å². The van der Waals surface area contributed by atoms with Crippen LogP contribution in [0.4, 0.5) is 4.39 Å². The van der Waals surface area contributed by atoms with E-state index in [4.69, 9.17) is 0 Å². The highest BCUT2D eigenvalue weighted by atomic mass is 32.1. The van der Waals surface area contributed by atoms with Gasteiger partial charge in [0.2, 0.25) is 0 Å². The molecule has 0 aliphatic rings. The van der Waals surface area contributed by atoms with Crippen molar-refractivity contribution >= 4 is 27.4 Å². The predicted molar refractivity (Wildman–Crippen MR) is 81.3 cm³/mol. The molecular weight excluding hydrogens is 293 g/mol. The van der Waals surface area contributed by atoms with Crippen LogP contribution < -0.4 is 5.32 Å². The van der Waals surface area contributed by atoms with Crippen LogP contribution in [0.25, 0.3) is 10.1 Å². The summed E-state index contributed by atoms with van der Waals surface area (Å²) in [7, 11) is 0. The first kappa shape index (κ1) is 15.9. The van der Waals surface area contributed by atoms with Crippen molar-refractivity contribution in [3.63, 3.8) is 0 Å². The number of hydrogen-bond donors (Lipinski definition) is 3. The lowest BCUT2D eigenvalue weighted by molar-refractivity contribution is 0.0701. The summed E-state index contributed by atoms with van der Waals surface area (Å²) in [4.78, 5) is 11.5. The summed E-state index contributed by atoms with van der Waals surface area (Å²) in [6, 6.07) is 4.64. The second-order valence-corrected chi connectivity index (χ2v) is 6.25. The summed E-state index contributed by atoms with van der Waals surface area (Å²) >= 11 is 1.08. The number of halogens is 1. The Morgan fingerprint density at radius 3 is 2.76 bits per heavy atom. The maximum Gasteiger partial charge on any atom is 0.346 e. The van der Waals surface area contributed by atoms with Crippen LogP contribution in [0.2, 0.25) is 0 Å². The Labute approximate surface area is 126 Å². The minimum Gasteiger partial charge on any atom is -0.477 e. The molecule has 0 radical (unpaired) electrons. The SMILES string of the molecule is CC(O)CC(C)NCc1c(C(=O)O)sc2cccc(F)c12. The molecule has 0 spiro atoms. The van der Waals surface area contributed by atoms with Gasteiger partial charge in [-0.3, -0.25) is 0 Å². The molecule has 0 saturated heterocycles. The van der Waals surface area contributed by atoms with Crippen molar-refractivity contribution in [3.8, 4) is 0 Å². The third kappa shape index (κ3) is 3.58. The molecule has 0 saturated carbocycles. The third-order valence-corrected chi connectivity index (χ3v) is 4.46. The Kier molecular flexibility index (Phi) is 4.92. The summed E-state index contributed by atoms with van der Waals surface area (Å²) in [6.07, 6.45) is 0.106. The summed E-state index contributed by atoms with van der Waals surface area (Å²) in [6.45, 7) is 3.86. The van der Waals surface area contributed by atoms with Crippen LogP contribution in [0.3, 0.4) is 0 Å². The zero-order chi connectivity index (χ0) is 15.6. The molecule has 2 rings (SSSR count). The Morgan fingerprint density at radius 1 is 1.43 bits per heavy atom. The van der Waals surface area contributed by atoms with Crippen molar-refractivity contribution in [2.24, 2.45) is 0 Å². The molecule has 1 heterocycles. The lowest BCUT2D eigenvalue weighted by Gasteiger charge is -2.15. The fraction of sp³-hybridized carbons (Fsp3) is 0.400. The summed E-state index contributed by atoms with van der Waals surface area (Å²) in [5.74, 6) is -1.45. The monoisotopic (exact) mass is 311 g/mol. The van der Waals surface area contributed by atoms with E-state index >= 15 is 0 Å². The van der Waals surface area contributed by atoms with Crippen LogP contribution in [0.5, 0.6) is 0 Å². The molecule has 0 bridgehead atoms. The van der Waals surface area contributed by atoms with Crippen LogP contribution in [-0.4, -0.2) is 28.3 Å². The number of aliphatic hydroxyl groups excluding tert-OH is 1. The maximum atomic E-state index is 14.0. The normalized spacial score (nSPS) is 14.3. The van der Waals surface area contributed by atoms with Crippen molar-refractivity contribution in [2.75, 3.05) is 0 Å². The second kappa shape index (κ2) is 6.51. The standard InChI is InChI=1S/C15H18FNO3S/c1-8(6-9(2)18)17-7-10-13-11(16)4-3-5-12(13)21-14(10)15(19)20/h3-5,8-9,17-18H,6-7H2,1-2H3,(H,19,20). The van der Waals surface area contributed by atoms with Gasteiger partial charge in [-0.2, -0.15) is 0 Å². The van der Waals surface area contributed by atoms with Gasteiger partial charge in [-0.1, -0.05) is 6.07 Å². The van der Waals surface area contributed by atoms with Gasteiger partial charge in [0, 0.05) is 28.2 Å². The Bertz CT molecular complexity index is 654. The lowest BCUT2D eigenvalue weighted by Crippen LogP contribution is -2.29. The van der Waals surface area contributed by atoms with Crippen LogP contribution in [0.15, 0.2) is 18.2 Å². The molecule has 114 valence electrons. The molecule has 0 amide bonds. The second-order valence-electron chi connectivity index (χ2n) is 5.19. The zero-order valence-corrected chi connectivity index (χ0v) is 12.7. The number of nitrogens with one attached hydrogen (secondary N) is 1. The van der Waals surface area contributed by atoms with Crippen molar-refractivity contribution in [3.05, 3.63) is 34.5 Å². The average Bonchev–Trinajstić information content (AvgIpc) is 2.76. The molecule has 2 unspecified atom stereocenters. The van der Waals surface area contributed by atoms with Gasteiger partial charge in [-0.05, 0) is 32.4 Å². The van der Waals surface area contributed by atoms with Gasteiger partial charge < -0.3 is 15.5 Å². The van der Waals surface area contributed by atoms with E-state index < -0.39 is 17.9 Å². The van der Waals surface area contributed by atoms with Gasteiger partial charge in [-0.25, -0.2) is 9.18 Å². The number of carboxylic acid groups (broad SMARTS) is 1. The number of fused-ring (bicyclic) bond motifs is 1. The number of benzene rings is 1. The van der Waals surface area contributed by atoms with Gasteiger partial charge in [0.1, 0.15) is 10.7 Å². The van der Waals surface area contributed by atoms with Gasteiger partial charge in [0.15, 0.2) is 0 Å². The van der Waals surface area contributed by atoms with E-state index in [-0.39, 0.29) is 17.5 Å². The minimum atomic E-state index is -1.05. The molecule has 3 N–H and O–H groups in total. The molecule has 6 heteroatoms. The van der Waals surface area contributed by atoms with E-state index in [1.807, 2.05) is 6.92 Å². The molecule has 0 aliphatic carbocycles. The highest BCUT2D eigenvalue weighted by molar-refractivity contribution is 7.21. The van der Waals surface area contributed by atoms with Crippen LogP contribution in [0, 0.1) is 5.82 Å². The summed E-state index contributed by atoms with van der Waals surface area (Å²) in [5, 5.41) is 22.2. The fourth-order valence-electron chi connectivity index (χ4n) is 2.38. The molecule has 4 nitrogen and oxygen atoms in total. The number of rotatable bonds is 6. The number of carboxylic acids is 1. The van der Waals surface area contributed by atoms with Crippen LogP contribution in [0.1, 0.15) is 35.5 Å². The highest BCUT2D eigenvalue weighted by Crippen LogP contribution is 2.33. The van der Waals surface area contributed by atoms with E-state index in [2.05, 4.69) is 5.32 Å². The lowest BCUT2D eigenvalue weighted by atomic mass is 10.1. The van der Waals surface area contributed by atoms with Gasteiger partial charge in [0.25, 0.3) is 0 Å². The topological polar surface area (TPSA) is 69.6 Å². The number of aromatic carboxylic acids is 1. The number of hydrogen-bond acceptors (Lipinski definition) is 4. The predicted octanol–water partition coefficient (Wildman–Crippen LogP) is 2.99. The molecule has 0 aliphatic heterocycles. The first-order valence-corrected chi connectivity index (χ1v) is 7.56. The quantitative estimate of drug-likeness (QED) is 0.767. The van der Waals surface area contributed by atoms with E-state index in [9.17, 15) is 19.4 Å². The summed E-state index contributed by atoms with van der Waals surface area (Å²) < 4.78 is 14.6. The van der Waals surface area contributed by atoms with E-state index in [1.54, 1.807) is 19.1 Å². The largest absolute Gasteiger partial charge is 0.477 e. The molecular formula is C15H18FNO3S. The number of carbonyl (C=O) groups is 1. The van der Waals surface area contributed by atoms with Crippen molar-refractivity contribution in [2.45, 2.75) is 39.0 Å². The van der Waals surface area contributed by atoms with E-state index in [0.29, 0.717) is 22.1 Å². The smallest absolute Gasteiger partial charge is 0.346 e. The molecule has 0 fully saturated rings. The molecule has 1 aromatic carbocycles. The van der Waals surface area contributed by atoms with E-state index in [0.717, 1.165) is 11.3 Å². The van der Waals surface area contributed by atoms with Gasteiger partial charge >= 0.3 is 5.97 Å². The zero-order valence-electron chi connectivity index (χ0n) is 11.9. The minimum absolute atomic E-state index is 0.00775. The van der Waals surface area contributed by atoms with Crippen molar-refractivity contribution < 1.29 is 19.4 Å². The number of thiophene rings is 1. The first-order chi connectivity index (χ1) is 9.90. The van der Waals surface area contributed by atoms with Crippen LogP contribution >= 0.6 is 11.3 Å². The van der Waals surface area contributed by atoms with Gasteiger partial charge in [0.05, 0.1) is 6.10 Å². The fourth-order valence-corrected chi connectivity index (χ4v) is 3.45. The molecule has 2 atom stereocenters. The Morgan fingerprint density at radius 2 is 2.14 bits per heavy atom. The Balaban J connectivity index is 2.32. The van der Waals surface area contributed by atoms with Gasteiger partial charge in [-0.15, -0.1) is 11.3 Å². The van der Waals surface area contributed by atoms with Crippen molar-refractivity contribution in [1.82, 2.24) is 5.32 Å². The van der Waals surface area contributed by atoms with Crippen molar-refractivity contribution in [1.29, 1.82) is 0 Å². The first-order valence-electron chi connectivity index (χ1n) is 6.74. The number of aliphatic hydroxyl groups is 1. The molecule has 21 heavy (non-hydrogen) atoms. The molecule has 2 aromatic rings. The maximum absolute atomic E-state index is 14.0. The van der Waals surface area contributed by atoms with Crippen LogP contribution in [-0.2, 0) is 6.54 Å². The average molecular weight is 311 g/mol. The third-order valence-electron chi connectivity index (χ3n) is 3.28. The highest BCUT2D eigenvalue weighted by Gasteiger charge is 2.20. The Hall–Kier alpha value is -1.50.